The third-order valence-electron chi connectivity index (χ3n) is 7.25. The monoisotopic (exact) mass is 551 g/mol. The Morgan fingerprint density at radius 2 is 1.82 bits per heavy atom. The molecule has 1 amide bonds. The number of amidine groups is 1. The van der Waals surface area contributed by atoms with Crippen LogP contribution in [0.4, 0.5) is 40.6 Å². The third kappa shape index (κ3) is 4.92. The standard InChI is InChI=1S/C25H29F4N7O3/c1-24(2)19-20(30)32-18(13-39-23(31)35-12-14(26)11-17(35)25(27,28)29)33-21(19)36(22(24)37)16-5-3-15(4-6-16)34-7-9-38-10-8-34/h3-6,14,17,31H,7-13H2,1-2H3,(H2,30,32,33)/t14?,17-/m0/s1. The van der Waals surface area contributed by atoms with Crippen LogP contribution < -0.4 is 15.5 Å². The highest BCUT2D eigenvalue weighted by Crippen LogP contribution is 2.46. The van der Waals surface area contributed by atoms with E-state index in [4.69, 9.17) is 20.6 Å². The Kier molecular flexibility index (Phi) is 6.77. The van der Waals surface area contributed by atoms with Crippen molar-refractivity contribution < 1.29 is 31.8 Å². The number of ether oxygens (including phenoxy) is 2. The second kappa shape index (κ2) is 9.81. The number of alkyl halides is 4. The Morgan fingerprint density at radius 3 is 2.46 bits per heavy atom. The molecule has 210 valence electrons. The first-order valence-electron chi connectivity index (χ1n) is 12.5. The molecule has 0 bridgehead atoms. The molecule has 0 spiro atoms. The van der Waals surface area contributed by atoms with Gasteiger partial charge in [-0.2, -0.15) is 13.2 Å². The van der Waals surface area contributed by atoms with Crippen molar-refractivity contribution in [1.29, 1.82) is 5.41 Å². The molecule has 39 heavy (non-hydrogen) atoms. The molecule has 4 heterocycles. The zero-order valence-corrected chi connectivity index (χ0v) is 21.5. The van der Waals surface area contributed by atoms with Crippen LogP contribution in [-0.4, -0.2) is 78.0 Å². The molecule has 2 aromatic rings. The van der Waals surface area contributed by atoms with Gasteiger partial charge in [-0.15, -0.1) is 0 Å². The minimum Gasteiger partial charge on any atom is -0.457 e. The molecule has 3 aliphatic rings. The predicted octanol–water partition coefficient (Wildman–Crippen LogP) is 3.28. The molecule has 2 fully saturated rings. The van der Waals surface area contributed by atoms with Crippen molar-refractivity contribution in [2.45, 2.75) is 50.7 Å². The van der Waals surface area contributed by atoms with Gasteiger partial charge in [-0.1, -0.05) is 0 Å². The molecule has 1 aromatic carbocycles. The summed E-state index contributed by atoms with van der Waals surface area (Å²) in [6, 6.07) is 4.42. The van der Waals surface area contributed by atoms with Crippen molar-refractivity contribution >= 4 is 34.9 Å². The van der Waals surface area contributed by atoms with Gasteiger partial charge in [-0.05, 0) is 38.1 Å². The number of aromatic nitrogens is 2. The number of rotatable bonds is 4. The van der Waals surface area contributed by atoms with E-state index in [9.17, 15) is 22.4 Å². The number of fused-ring (bicyclic) bond motifs is 1. The van der Waals surface area contributed by atoms with Gasteiger partial charge in [0.05, 0.1) is 36.4 Å². The van der Waals surface area contributed by atoms with Crippen LogP contribution in [0.1, 0.15) is 31.7 Å². The number of nitrogens with one attached hydrogen (secondary N) is 1. The summed E-state index contributed by atoms with van der Waals surface area (Å²) in [6.07, 6.45) is -7.22. The molecule has 3 aliphatic heterocycles. The number of hydrogen-bond acceptors (Lipinski definition) is 8. The van der Waals surface area contributed by atoms with Crippen LogP contribution in [0.3, 0.4) is 0 Å². The summed E-state index contributed by atoms with van der Waals surface area (Å²) in [5, 5.41) is 7.99. The van der Waals surface area contributed by atoms with Gasteiger partial charge in [0.15, 0.2) is 12.4 Å². The summed E-state index contributed by atoms with van der Waals surface area (Å²) < 4.78 is 64.3. The number of hydrogen-bond donors (Lipinski definition) is 2. The first-order chi connectivity index (χ1) is 18.4. The Bertz CT molecular complexity index is 1270. The van der Waals surface area contributed by atoms with E-state index >= 15 is 0 Å². The molecule has 2 atom stereocenters. The van der Waals surface area contributed by atoms with E-state index in [1.54, 1.807) is 26.0 Å². The molecule has 0 aliphatic carbocycles. The SMILES string of the molecule is CC1(C)C(=O)N(c2ccc(N3CCOCC3)cc2)c2nc(COC(=N)N3CC(F)C[C@H]3C(F)(F)F)nc(N)c21. The zero-order valence-electron chi connectivity index (χ0n) is 21.5. The average Bonchev–Trinajstić information content (AvgIpc) is 3.38. The van der Waals surface area contributed by atoms with Crippen molar-refractivity contribution in [1.82, 2.24) is 14.9 Å². The van der Waals surface area contributed by atoms with E-state index in [0.717, 1.165) is 18.8 Å². The van der Waals surface area contributed by atoms with Gasteiger partial charge in [0.25, 0.3) is 6.02 Å². The van der Waals surface area contributed by atoms with Crippen LogP contribution >= 0.6 is 0 Å². The largest absolute Gasteiger partial charge is 0.457 e. The van der Waals surface area contributed by atoms with E-state index in [1.165, 1.54) is 4.90 Å². The molecule has 0 radical (unpaired) electrons. The van der Waals surface area contributed by atoms with Crippen molar-refractivity contribution in [3.05, 3.63) is 35.7 Å². The molecule has 0 saturated carbocycles. The van der Waals surface area contributed by atoms with E-state index in [0.29, 0.717) is 29.4 Å². The highest BCUT2D eigenvalue weighted by molar-refractivity contribution is 6.12. The van der Waals surface area contributed by atoms with Crippen molar-refractivity contribution in [3.63, 3.8) is 0 Å². The van der Waals surface area contributed by atoms with Crippen molar-refractivity contribution in [3.8, 4) is 0 Å². The first kappa shape index (κ1) is 26.9. The number of nitrogens with two attached hydrogens (primary N) is 1. The lowest BCUT2D eigenvalue weighted by Crippen LogP contribution is -2.45. The fraction of sp³-hybridized carbons (Fsp3) is 0.520. The normalized spacial score (nSPS) is 22.8. The van der Waals surface area contributed by atoms with Crippen LogP contribution in [0, 0.1) is 5.41 Å². The van der Waals surface area contributed by atoms with Crippen molar-refractivity contribution in [2.75, 3.05) is 48.4 Å². The maximum Gasteiger partial charge on any atom is 0.408 e. The number of amides is 1. The molecular weight excluding hydrogens is 522 g/mol. The molecule has 10 nitrogen and oxygen atoms in total. The molecular formula is C25H29F4N7O3. The number of carbonyl (C=O) groups excluding carboxylic acids is 1. The van der Waals surface area contributed by atoms with Gasteiger partial charge in [-0.25, -0.2) is 14.4 Å². The number of benzene rings is 1. The molecule has 5 rings (SSSR count). The highest BCUT2D eigenvalue weighted by atomic mass is 19.4. The lowest BCUT2D eigenvalue weighted by atomic mass is 9.87. The van der Waals surface area contributed by atoms with Gasteiger partial charge < -0.3 is 25.0 Å². The maximum atomic E-state index is 13.7. The lowest BCUT2D eigenvalue weighted by molar-refractivity contribution is -0.169. The number of nitrogen functional groups attached to an aromatic ring is 1. The number of likely N-dealkylation sites (tertiary alicyclic amines) is 1. The highest BCUT2D eigenvalue weighted by Gasteiger charge is 2.51. The molecule has 1 unspecified atom stereocenters. The molecule has 14 heteroatoms. The Balaban J connectivity index is 1.39. The zero-order chi connectivity index (χ0) is 28.1. The Hall–Kier alpha value is -3.68. The predicted molar refractivity (Wildman–Crippen MR) is 135 cm³/mol. The van der Waals surface area contributed by atoms with Gasteiger partial charge in [0, 0.05) is 25.2 Å². The van der Waals surface area contributed by atoms with E-state index in [1.807, 2.05) is 12.1 Å². The number of morpholine rings is 1. The van der Waals surface area contributed by atoms with Gasteiger partial charge in [-0.3, -0.25) is 15.1 Å². The van der Waals surface area contributed by atoms with E-state index < -0.39 is 49.4 Å². The fourth-order valence-electron chi connectivity index (χ4n) is 5.23. The third-order valence-corrected chi connectivity index (χ3v) is 7.25. The summed E-state index contributed by atoms with van der Waals surface area (Å²) in [6.45, 7) is 5.10. The Labute approximate surface area is 222 Å². The molecule has 3 N–H and O–H groups in total. The smallest absolute Gasteiger partial charge is 0.408 e. The van der Waals surface area contributed by atoms with E-state index in [2.05, 4.69) is 14.9 Å². The number of nitrogens with zero attached hydrogens (tertiary/aromatic N) is 5. The lowest BCUT2D eigenvalue weighted by Gasteiger charge is -2.29. The number of carbonyl (C=O) groups is 1. The molecule has 1 aromatic heterocycles. The van der Waals surface area contributed by atoms with E-state index in [-0.39, 0.29) is 23.4 Å². The van der Waals surface area contributed by atoms with Crippen molar-refractivity contribution in [2.24, 2.45) is 0 Å². The number of anilines is 4. The molecule has 2 saturated heterocycles. The summed E-state index contributed by atoms with van der Waals surface area (Å²) in [4.78, 5) is 26.3. The van der Waals surface area contributed by atoms with Crippen LogP contribution in [0.5, 0.6) is 0 Å². The first-order valence-corrected chi connectivity index (χ1v) is 12.5. The average molecular weight is 552 g/mol. The minimum atomic E-state index is -4.71. The maximum absolute atomic E-state index is 13.7. The summed E-state index contributed by atoms with van der Waals surface area (Å²) in [5.41, 5.74) is 7.15. The van der Waals surface area contributed by atoms with Gasteiger partial charge in [0.1, 0.15) is 23.8 Å². The number of halogens is 4. The van der Waals surface area contributed by atoms with Gasteiger partial charge in [0.2, 0.25) is 5.91 Å². The minimum absolute atomic E-state index is 0.0223. The van der Waals surface area contributed by atoms with Crippen LogP contribution in [0.25, 0.3) is 0 Å². The Morgan fingerprint density at radius 1 is 1.18 bits per heavy atom. The summed E-state index contributed by atoms with van der Waals surface area (Å²) >= 11 is 0. The van der Waals surface area contributed by atoms with Crippen LogP contribution in [0.15, 0.2) is 24.3 Å². The van der Waals surface area contributed by atoms with Gasteiger partial charge >= 0.3 is 6.18 Å². The quantitative estimate of drug-likeness (QED) is 0.338. The summed E-state index contributed by atoms with van der Waals surface area (Å²) in [5.74, 6) is -0.0486. The van der Waals surface area contributed by atoms with Crippen LogP contribution in [0.2, 0.25) is 0 Å². The fourth-order valence-corrected chi connectivity index (χ4v) is 5.23. The second-order valence-corrected chi connectivity index (χ2v) is 10.2. The second-order valence-electron chi connectivity index (χ2n) is 10.2. The topological polar surface area (TPSA) is 121 Å². The van der Waals surface area contributed by atoms with Crippen LogP contribution in [-0.2, 0) is 26.3 Å². The summed E-state index contributed by atoms with van der Waals surface area (Å²) in [7, 11) is 0.